The van der Waals surface area contributed by atoms with Crippen LogP contribution in [0.15, 0.2) is 18.5 Å². The second kappa shape index (κ2) is 5.39. The lowest BCUT2D eigenvalue weighted by atomic mass is 9.76. The van der Waals surface area contributed by atoms with E-state index < -0.39 is 0 Å². The lowest BCUT2D eigenvalue weighted by Crippen LogP contribution is -2.27. The molecule has 3 nitrogen and oxygen atoms in total. The minimum atomic E-state index is 0.143. The van der Waals surface area contributed by atoms with E-state index in [-0.39, 0.29) is 6.04 Å². The van der Waals surface area contributed by atoms with Gasteiger partial charge in [0.1, 0.15) is 0 Å². The van der Waals surface area contributed by atoms with E-state index in [1.807, 2.05) is 6.07 Å². The molecule has 1 aromatic heterocycles. The first-order chi connectivity index (χ1) is 7.81. The molecule has 0 saturated heterocycles. The van der Waals surface area contributed by atoms with Gasteiger partial charge in [-0.3, -0.25) is 0 Å². The summed E-state index contributed by atoms with van der Waals surface area (Å²) in [6.07, 6.45) is 10.1. The normalized spacial score (nSPS) is 27.6. The minimum Gasteiger partial charge on any atom is -0.324 e. The van der Waals surface area contributed by atoms with E-state index in [0.717, 1.165) is 11.5 Å². The minimum absolute atomic E-state index is 0.143. The Hall–Kier alpha value is -0.960. The van der Waals surface area contributed by atoms with Crippen molar-refractivity contribution >= 4 is 0 Å². The Labute approximate surface area is 97.5 Å². The molecule has 3 unspecified atom stereocenters. The molecule has 88 valence electrons. The Morgan fingerprint density at radius 3 is 3.00 bits per heavy atom. The summed E-state index contributed by atoms with van der Waals surface area (Å²) >= 11 is 0. The fourth-order valence-electron chi connectivity index (χ4n) is 2.80. The van der Waals surface area contributed by atoms with E-state index in [4.69, 9.17) is 5.73 Å². The predicted molar refractivity (Wildman–Crippen MR) is 64.7 cm³/mol. The van der Waals surface area contributed by atoms with E-state index in [0.29, 0.717) is 5.92 Å². The van der Waals surface area contributed by atoms with Crippen molar-refractivity contribution < 1.29 is 0 Å². The van der Waals surface area contributed by atoms with Gasteiger partial charge in [0.15, 0.2) is 0 Å². The van der Waals surface area contributed by atoms with Crippen molar-refractivity contribution in [2.75, 3.05) is 0 Å². The topological polar surface area (TPSA) is 51.8 Å². The van der Waals surface area contributed by atoms with Gasteiger partial charge in [-0.2, -0.15) is 10.2 Å². The molecule has 0 aromatic carbocycles. The van der Waals surface area contributed by atoms with E-state index in [2.05, 4.69) is 17.1 Å². The molecule has 0 radical (unpaired) electrons. The first-order valence-corrected chi connectivity index (χ1v) is 6.33. The maximum absolute atomic E-state index is 6.32. The first-order valence-electron chi connectivity index (χ1n) is 6.33. The van der Waals surface area contributed by atoms with Gasteiger partial charge in [0.2, 0.25) is 0 Å². The smallest absolute Gasteiger partial charge is 0.0544 e. The molecule has 1 heterocycles. The second-order valence-corrected chi connectivity index (χ2v) is 4.90. The van der Waals surface area contributed by atoms with Crippen LogP contribution in [0.5, 0.6) is 0 Å². The number of hydrogen-bond acceptors (Lipinski definition) is 3. The Morgan fingerprint density at radius 2 is 2.31 bits per heavy atom. The molecular formula is C13H21N3. The summed E-state index contributed by atoms with van der Waals surface area (Å²) in [6, 6.07) is 2.14. The van der Waals surface area contributed by atoms with Crippen LogP contribution in [0.4, 0.5) is 0 Å². The standard InChI is InChI=1S/C13H21N3/c1-2-10-4-3-5-11(8-10)13(14)12-6-7-15-16-9-12/h6-7,9-11,13H,2-5,8,14H2,1H3. The van der Waals surface area contributed by atoms with Crippen molar-refractivity contribution in [3.8, 4) is 0 Å². The maximum atomic E-state index is 6.32. The van der Waals surface area contributed by atoms with Crippen molar-refractivity contribution in [3.63, 3.8) is 0 Å². The SMILES string of the molecule is CCC1CCCC(C(N)c2ccnnc2)C1. The highest BCUT2D eigenvalue weighted by Gasteiger charge is 2.26. The van der Waals surface area contributed by atoms with Crippen LogP contribution < -0.4 is 5.73 Å². The van der Waals surface area contributed by atoms with Crippen LogP contribution in [-0.2, 0) is 0 Å². The van der Waals surface area contributed by atoms with E-state index >= 15 is 0 Å². The molecule has 0 spiro atoms. The summed E-state index contributed by atoms with van der Waals surface area (Å²) in [5.41, 5.74) is 7.45. The van der Waals surface area contributed by atoms with Gasteiger partial charge in [0, 0.05) is 12.2 Å². The van der Waals surface area contributed by atoms with Crippen molar-refractivity contribution in [2.24, 2.45) is 17.6 Å². The Balaban J connectivity index is 2.01. The average molecular weight is 219 g/mol. The van der Waals surface area contributed by atoms with Crippen molar-refractivity contribution in [1.82, 2.24) is 10.2 Å². The van der Waals surface area contributed by atoms with Crippen molar-refractivity contribution in [2.45, 2.75) is 45.1 Å². The summed E-state index contributed by atoms with van der Waals surface area (Å²) in [5.74, 6) is 1.50. The van der Waals surface area contributed by atoms with Gasteiger partial charge in [-0.05, 0) is 36.3 Å². The highest BCUT2D eigenvalue weighted by Crippen LogP contribution is 2.36. The zero-order valence-electron chi connectivity index (χ0n) is 9.97. The van der Waals surface area contributed by atoms with E-state index in [9.17, 15) is 0 Å². The molecule has 0 aliphatic heterocycles. The van der Waals surface area contributed by atoms with Gasteiger partial charge in [0.25, 0.3) is 0 Å². The molecule has 0 bridgehead atoms. The third kappa shape index (κ3) is 2.59. The summed E-state index contributed by atoms with van der Waals surface area (Å²) in [5, 5.41) is 7.71. The van der Waals surface area contributed by atoms with Crippen LogP contribution in [-0.4, -0.2) is 10.2 Å². The van der Waals surface area contributed by atoms with Crippen LogP contribution in [0.3, 0.4) is 0 Å². The van der Waals surface area contributed by atoms with Crippen LogP contribution >= 0.6 is 0 Å². The van der Waals surface area contributed by atoms with Crippen LogP contribution in [0, 0.1) is 11.8 Å². The van der Waals surface area contributed by atoms with E-state index in [1.54, 1.807) is 12.4 Å². The van der Waals surface area contributed by atoms with Crippen LogP contribution in [0.2, 0.25) is 0 Å². The summed E-state index contributed by atoms with van der Waals surface area (Å²) in [6.45, 7) is 2.28. The molecule has 1 fully saturated rings. The Bertz CT molecular complexity index is 312. The number of rotatable bonds is 3. The Kier molecular flexibility index (Phi) is 3.88. The highest BCUT2D eigenvalue weighted by atomic mass is 15.1. The quantitative estimate of drug-likeness (QED) is 0.850. The molecular weight excluding hydrogens is 198 g/mol. The predicted octanol–water partition coefficient (Wildman–Crippen LogP) is 2.69. The fraction of sp³-hybridized carbons (Fsp3) is 0.692. The number of nitrogens with two attached hydrogens (primary N) is 1. The third-order valence-electron chi connectivity index (χ3n) is 3.90. The second-order valence-electron chi connectivity index (χ2n) is 4.90. The van der Waals surface area contributed by atoms with Gasteiger partial charge in [-0.15, -0.1) is 0 Å². The monoisotopic (exact) mass is 219 g/mol. The highest BCUT2D eigenvalue weighted by molar-refractivity contribution is 5.12. The van der Waals surface area contributed by atoms with Gasteiger partial charge in [0.05, 0.1) is 6.20 Å². The Morgan fingerprint density at radius 1 is 1.44 bits per heavy atom. The molecule has 1 saturated carbocycles. The molecule has 3 atom stereocenters. The van der Waals surface area contributed by atoms with Gasteiger partial charge in [-0.1, -0.05) is 26.2 Å². The summed E-state index contributed by atoms with van der Waals surface area (Å²) in [4.78, 5) is 0. The summed E-state index contributed by atoms with van der Waals surface area (Å²) in [7, 11) is 0. The van der Waals surface area contributed by atoms with Crippen molar-refractivity contribution in [1.29, 1.82) is 0 Å². The summed E-state index contributed by atoms with van der Waals surface area (Å²) < 4.78 is 0. The van der Waals surface area contributed by atoms with Crippen molar-refractivity contribution in [3.05, 3.63) is 24.0 Å². The lowest BCUT2D eigenvalue weighted by molar-refractivity contribution is 0.230. The maximum Gasteiger partial charge on any atom is 0.0544 e. The number of nitrogens with zero attached hydrogens (tertiary/aromatic N) is 2. The first kappa shape index (κ1) is 11.5. The molecule has 16 heavy (non-hydrogen) atoms. The van der Waals surface area contributed by atoms with Gasteiger partial charge >= 0.3 is 0 Å². The number of aromatic nitrogens is 2. The molecule has 1 aliphatic rings. The lowest BCUT2D eigenvalue weighted by Gasteiger charge is -2.32. The molecule has 1 aromatic rings. The largest absolute Gasteiger partial charge is 0.324 e. The molecule has 2 rings (SSSR count). The molecule has 3 heteroatoms. The average Bonchev–Trinajstić information content (AvgIpc) is 2.39. The molecule has 0 amide bonds. The fourth-order valence-corrected chi connectivity index (χ4v) is 2.80. The molecule has 1 aliphatic carbocycles. The van der Waals surface area contributed by atoms with Crippen LogP contribution in [0.1, 0.15) is 50.6 Å². The number of hydrogen-bond donors (Lipinski definition) is 1. The molecule has 2 N–H and O–H groups in total. The van der Waals surface area contributed by atoms with E-state index in [1.165, 1.54) is 32.1 Å². The van der Waals surface area contributed by atoms with Crippen LogP contribution in [0.25, 0.3) is 0 Å². The van der Waals surface area contributed by atoms with Gasteiger partial charge in [-0.25, -0.2) is 0 Å². The van der Waals surface area contributed by atoms with Gasteiger partial charge < -0.3 is 5.73 Å². The zero-order valence-corrected chi connectivity index (χ0v) is 9.97. The zero-order chi connectivity index (χ0) is 11.4. The third-order valence-corrected chi connectivity index (χ3v) is 3.90.